The molecule has 37 heavy (non-hydrogen) atoms. The molecule has 2 heterocycles. The van der Waals surface area contributed by atoms with E-state index in [2.05, 4.69) is 4.98 Å². The second kappa shape index (κ2) is 10.9. The molecule has 1 atom stereocenters. The van der Waals surface area contributed by atoms with Crippen LogP contribution in [0, 0.1) is 0 Å². The SMILES string of the molecule is CCCOC(=O)c1cccc(N2C(=O)C(=O)/C(=C(/O)c3ccc(OC)c(OC)c3)C2c2ccccn2)c1. The Bertz CT molecular complexity index is 1370. The van der Waals surface area contributed by atoms with Crippen molar-refractivity contribution in [1.29, 1.82) is 0 Å². The standard InChI is InChI=1S/C28H26N2O7/c1-4-14-37-28(34)18-8-7-9-19(15-18)30-24(20-10-5-6-13-29-20)23(26(32)27(30)33)25(31)17-11-12-21(35-2)22(16-17)36-3/h5-13,15-16,24,31H,4,14H2,1-3H3/b25-23+. The van der Waals surface area contributed by atoms with Crippen LogP contribution in [0.3, 0.4) is 0 Å². The van der Waals surface area contributed by atoms with Crippen molar-refractivity contribution in [2.45, 2.75) is 19.4 Å². The fraction of sp³-hybridized carbons (Fsp3) is 0.214. The lowest BCUT2D eigenvalue weighted by molar-refractivity contribution is -0.132. The number of pyridine rings is 1. The van der Waals surface area contributed by atoms with Gasteiger partial charge in [0.05, 0.1) is 37.7 Å². The van der Waals surface area contributed by atoms with Gasteiger partial charge >= 0.3 is 5.97 Å². The summed E-state index contributed by atoms with van der Waals surface area (Å²) >= 11 is 0. The van der Waals surface area contributed by atoms with Gasteiger partial charge in [-0.15, -0.1) is 0 Å². The highest BCUT2D eigenvalue weighted by Crippen LogP contribution is 2.42. The minimum Gasteiger partial charge on any atom is -0.507 e. The summed E-state index contributed by atoms with van der Waals surface area (Å²) in [7, 11) is 2.93. The molecular weight excluding hydrogens is 476 g/mol. The van der Waals surface area contributed by atoms with E-state index in [0.717, 1.165) is 0 Å². The summed E-state index contributed by atoms with van der Waals surface area (Å²) in [5.74, 6) is -1.91. The van der Waals surface area contributed by atoms with Gasteiger partial charge in [-0.25, -0.2) is 4.79 Å². The molecule has 3 aromatic rings. The molecule has 1 saturated heterocycles. The number of aromatic nitrogens is 1. The molecule has 1 fully saturated rings. The van der Waals surface area contributed by atoms with Crippen LogP contribution in [0.1, 0.15) is 41.0 Å². The van der Waals surface area contributed by atoms with E-state index >= 15 is 0 Å². The Morgan fingerprint density at radius 3 is 2.43 bits per heavy atom. The molecule has 1 aliphatic rings. The number of aliphatic hydroxyl groups is 1. The Hall–Kier alpha value is -4.66. The number of nitrogens with zero attached hydrogens (tertiary/aromatic N) is 2. The number of methoxy groups -OCH3 is 2. The number of ketones is 1. The van der Waals surface area contributed by atoms with Gasteiger partial charge in [-0.1, -0.05) is 19.1 Å². The molecule has 1 N–H and O–H groups in total. The first-order chi connectivity index (χ1) is 17.9. The third kappa shape index (κ3) is 4.88. The van der Waals surface area contributed by atoms with Crippen LogP contribution in [0.5, 0.6) is 11.5 Å². The summed E-state index contributed by atoms with van der Waals surface area (Å²) in [6, 6.07) is 15.0. The van der Waals surface area contributed by atoms with Crippen LogP contribution in [0.2, 0.25) is 0 Å². The number of amides is 1. The van der Waals surface area contributed by atoms with Crippen molar-refractivity contribution < 1.29 is 33.7 Å². The smallest absolute Gasteiger partial charge is 0.338 e. The zero-order chi connectivity index (χ0) is 26.5. The van der Waals surface area contributed by atoms with Crippen molar-refractivity contribution in [2.24, 2.45) is 0 Å². The summed E-state index contributed by atoms with van der Waals surface area (Å²) in [5, 5.41) is 11.3. The number of hydrogen-bond donors (Lipinski definition) is 1. The second-order valence-electron chi connectivity index (χ2n) is 8.18. The van der Waals surface area contributed by atoms with E-state index < -0.39 is 29.5 Å². The Kier molecular flexibility index (Phi) is 7.52. The van der Waals surface area contributed by atoms with E-state index in [9.17, 15) is 19.5 Å². The van der Waals surface area contributed by atoms with Gasteiger partial charge in [0.25, 0.3) is 11.7 Å². The number of Topliss-reactive ketones (excluding diaryl/α,β-unsaturated/α-hetero) is 1. The van der Waals surface area contributed by atoms with Gasteiger partial charge in [0.15, 0.2) is 11.5 Å². The zero-order valence-corrected chi connectivity index (χ0v) is 20.6. The van der Waals surface area contributed by atoms with E-state index in [1.807, 2.05) is 6.92 Å². The lowest BCUT2D eigenvalue weighted by atomic mass is 9.98. The summed E-state index contributed by atoms with van der Waals surface area (Å²) in [5.41, 5.74) is 0.994. The monoisotopic (exact) mass is 502 g/mol. The summed E-state index contributed by atoms with van der Waals surface area (Å²) in [6.45, 7) is 2.14. The van der Waals surface area contributed by atoms with Gasteiger partial charge in [0.1, 0.15) is 11.8 Å². The van der Waals surface area contributed by atoms with Gasteiger partial charge < -0.3 is 19.3 Å². The van der Waals surface area contributed by atoms with Gasteiger partial charge in [0.2, 0.25) is 0 Å². The first-order valence-corrected chi connectivity index (χ1v) is 11.6. The molecule has 0 aliphatic carbocycles. The number of esters is 1. The summed E-state index contributed by atoms with van der Waals surface area (Å²) < 4.78 is 15.8. The maximum Gasteiger partial charge on any atom is 0.338 e. The van der Waals surface area contributed by atoms with Gasteiger partial charge in [-0.3, -0.25) is 19.5 Å². The van der Waals surface area contributed by atoms with Crippen LogP contribution in [0.25, 0.3) is 5.76 Å². The molecule has 4 rings (SSSR count). The highest BCUT2D eigenvalue weighted by atomic mass is 16.5. The Morgan fingerprint density at radius 2 is 1.76 bits per heavy atom. The molecule has 0 spiro atoms. The molecular formula is C28H26N2O7. The minimum atomic E-state index is -1.05. The maximum atomic E-state index is 13.4. The van der Waals surface area contributed by atoms with Crippen LogP contribution >= 0.6 is 0 Å². The Morgan fingerprint density at radius 1 is 0.973 bits per heavy atom. The molecule has 0 radical (unpaired) electrons. The topological polar surface area (TPSA) is 115 Å². The molecule has 0 bridgehead atoms. The predicted molar refractivity (Wildman–Crippen MR) is 136 cm³/mol. The molecule has 0 saturated carbocycles. The number of rotatable bonds is 8. The molecule has 1 amide bonds. The van der Waals surface area contributed by atoms with Crippen LogP contribution in [-0.2, 0) is 14.3 Å². The van der Waals surface area contributed by atoms with Crippen molar-refractivity contribution in [3.63, 3.8) is 0 Å². The lowest BCUT2D eigenvalue weighted by Gasteiger charge is -2.25. The van der Waals surface area contributed by atoms with Crippen molar-refractivity contribution in [3.8, 4) is 11.5 Å². The van der Waals surface area contributed by atoms with Crippen LogP contribution in [0.15, 0.2) is 72.4 Å². The minimum absolute atomic E-state index is 0.144. The number of carbonyl (C=O) groups is 3. The normalized spacial score (nSPS) is 16.5. The zero-order valence-electron chi connectivity index (χ0n) is 20.6. The van der Waals surface area contributed by atoms with E-state index in [-0.39, 0.29) is 29.0 Å². The van der Waals surface area contributed by atoms with Gasteiger partial charge in [0, 0.05) is 17.4 Å². The third-order valence-electron chi connectivity index (χ3n) is 5.87. The van der Waals surface area contributed by atoms with E-state index in [1.165, 1.54) is 37.4 Å². The maximum absolute atomic E-state index is 13.4. The molecule has 1 aliphatic heterocycles. The molecule has 9 heteroatoms. The Labute approximate surface area is 213 Å². The predicted octanol–water partition coefficient (Wildman–Crippen LogP) is 4.29. The van der Waals surface area contributed by atoms with Crippen LogP contribution in [-0.4, -0.2) is 48.6 Å². The van der Waals surface area contributed by atoms with E-state index in [4.69, 9.17) is 14.2 Å². The number of ether oxygens (including phenoxy) is 3. The average Bonchev–Trinajstić information content (AvgIpc) is 3.21. The largest absolute Gasteiger partial charge is 0.507 e. The molecule has 190 valence electrons. The van der Waals surface area contributed by atoms with Crippen molar-refractivity contribution in [2.75, 3.05) is 25.7 Å². The second-order valence-corrected chi connectivity index (χ2v) is 8.18. The fourth-order valence-corrected chi connectivity index (χ4v) is 4.12. The van der Waals surface area contributed by atoms with Gasteiger partial charge in [-0.2, -0.15) is 0 Å². The van der Waals surface area contributed by atoms with Crippen molar-refractivity contribution >= 4 is 29.1 Å². The highest BCUT2D eigenvalue weighted by molar-refractivity contribution is 6.51. The number of hydrogen-bond acceptors (Lipinski definition) is 8. The van der Waals surface area contributed by atoms with Crippen molar-refractivity contribution in [1.82, 2.24) is 4.98 Å². The number of aliphatic hydroxyl groups excluding tert-OH is 1. The highest BCUT2D eigenvalue weighted by Gasteiger charge is 2.47. The van der Waals surface area contributed by atoms with Crippen LogP contribution < -0.4 is 14.4 Å². The first-order valence-electron chi connectivity index (χ1n) is 11.6. The third-order valence-corrected chi connectivity index (χ3v) is 5.87. The summed E-state index contributed by atoms with van der Waals surface area (Å²) in [4.78, 5) is 44.8. The average molecular weight is 503 g/mol. The van der Waals surface area contributed by atoms with E-state index in [1.54, 1.807) is 48.5 Å². The van der Waals surface area contributed by atoms with E-state index in [0.29, 0.717) is 23.6 Å². The van der Waals surface area contributed by atoms with Gasteiger partial charge in [-0.05, 0) is 55.0 Å². The van der Waals surface area contributed by atoms with Crippen LogP contribution in [0.4, 0.5) is 5.69 Å². The number of anilines is 1. The Balaban J connectivity index is 1.87. The number of carbonyl (C=O) groups excluding carboxylic acids is 3. The number of benzene rings is 2. The quantitative estimate of drug-likeness (QED) is 0.210. The molecule has 9 nitrogen and oxygen atoms in total. The summed E-state index contributed by atoms with van der Waals surface area (Å²) in [6.07, 6.45) is 2.19. The van der Waals surface area contributed by atoms with Crippen molar-refractivity contribution in [3.05, 3.63) is 89.3 Å². The molecule has 1 aromatic heterocycles. The molecule has 1 unspecified atom stereocenters. The molecule has 2 aromatic carbocycles. The lowest BCUT2D eigenvalue weighted by Crippen LogP contribution is -2.30. The first kappa shape index (κ1) is 25.4. The fourth-order valence-electron chi connectivity index (χ4n) is 4.12.